The molecule has 0 spiro atoms. The first-order valence-electron chi connectivity index (χ1n) is 7.10. The van der Waals surface area contributed by atoms with E-state index in [0.717, 1.165) is 58.8 Å². The molecule has 2 rings (SSSR count). The van der Waals surface area contributed by atoms with Gasteiger partial charge in [-0.1, -0.05) is 0 Å². The number of hydrogen-bond donors (Lipinski definition) is 1. The summed E-state index contributed by atoms with van der Waals surface area (Å²) in [4.78, 5) is 19.2. The van der Waals surface area contributed by atoms with E-state index >= 15 is 0 Å². The summed E-state index contributed by atoms with van der Waals surface area (Å²) in [6, 6.07) is 0.0375. The zero-order chi connectivity index (χ0) is 13.0. The van der Waals surface area contributed by atoms with E-state index < -0.39 is 0 Å². The van der Waals surface area contributed by atoms with Crippen LogP contribution in [0.2, 0.25) is 0 Å². The van der Waals surface area contributed by atoms with Crippen molar-refractivity contribution >= 4 is 5.91 Å². The Bertz CT molecular complexity index is 274. The minimum Gasteiger partial charge on any atom is -0.340 e. The van der Waals surface area contributed by atoms with Gasteiger partial charge in [0.15, 0.2) is 0 Å². The second-order valence-electron chi connectivity index (χ2n) is 5.44. The molecule has 104 valence electrons. The second kappa shape index (κ2) is 6.50. The van der Waals surface area contributed by atoms with E-state index in [1.54, 1.807) is 0 Å². The van der Waals surface area contributed by atoms with Crippen LogP contribution >= 0.6 is 0 Å². The Morgan fingerprint density at radius 1 is 1.06 bits per heavy atom. The van der Waals surface area contributed by atoms with Crippen LogP contribution in [0.15, 0.2) is 0 Å². The molecule has 18 heavy (non-hydrogen) atoms. The molecule has 2 fully saturated rings. The highest BCUT2D eigenvalue weighted by Gasteiger charge is 2.27. The number of nitrogens with zero attached hydrogens (tertiary/aromatic N) is 3. The van der Waals surface area contributed by atoms with Gasteiger partial charge in [-0.05, 0) is 26.9 Å². The lowest BCUT2D eigenvalue weighted by atomic mass is 10.2. The van der Waals surface area contributed by atoms with Crippen LogP contribution in [0.4, 0.5) is 0 Å². The van der Waals surface area contributed by atoms with E-state index in [9.17, 15) is 4.79 Å². The van der Waals surface area contributed by atoms with Gasteiger partial charge in [0.1, 0.15) is 0 Å². The van der Waals surface area contributed by atoms with Gasteiger partial charge in [0.25, 0.3) is 0 Å². The Balaban J connectivity index is 1.88. The lowest BCUT2D eigenvalue weighted by molar-refractivity contribution is -0.136. The lowest BCUT2D eigenvalue weighted by Crippen LogP contribution is -2.53. The van der Waals surface area contributed by atoms with Gasteiger partial charge in [0.05, 0.1) is 6.04 Å². The number of carbonyl (C=O) groups excluding carboxylic acids is 1. The van der Waals surface area contributed by atoms with Gasteiger partial charge in [0, 0.05) is 45.8 Å². The molecule has 1 amide bonds. The first-order valence-corrected chi connectivity index (χ1v) is 7.10. The van der Waals surface area contributed by atoms with Gasteiger partial charge in [-0.3, -0.25) is 9.69 Å². The van der Waals surface area contributed by atoms with Crippen molar-refractivity contribution in [2.24, 2.45) is 0 Å². The van der Waals surface area contributed by atoms with Crippen molar-refractivity contribution in [3.05, 3.63) is 0 Å². The molecule has 2 saturated heterocycles. The number of carbonyl (C=O) groups is 1. The standard InChI is InChI=1S/C13H26N4O/c1-12(16-8-4-14-5-9-16)13(18)17-7-3-6-15(2)10-11-17/h12,14H,3-11H2,1-2H3. The molecule has 0 aromatic carbocycles. The van der Waals surface area contributed by atoms with E-state index in [4.69, 9.17) is 0 Å². The molecule has 0 bridgehead atoms. The largest absolute Gasteiger partial charge is 0.340 e. The third-order valence-corrected chi connectivity index (χ3v) is 4.09. The maximum atomic E-state index is 12.5. The maximum absolute atomic E-state index is 12.5. The molecule has 0 aromatic heterocycles. The Hall–Kier alpha value is -0.650. The molecule has 2 aliphatic rings. The lowest BCUT2D eigenvalue weighted by Gasteiger charge is -2.34. The number of rotatable bonds is 2. The summed E-state index contributed by atoms with van der Waals surface area (Å²) in [6.45, 7) is 9.93. The maximum Gasteiger partial charge on any atom is 0.239 e. The first-order chi connectivity index (χ1) is 8.68. The third kappa shape index (κ3) is 3.43. The molecule has 1 N–H and O–H groups in total. The minimum absolute atomic E-state index is 0.0375. The molecule has 2 aliphatic heterocycles. The summed E-state index contributed by atoms with van der Waals surface area (Å²) < 4.78 is 0. The summed E-state index contributed by atoms with van der Waals surface area (Å²) in [5.74, 6) is 0.312. The normalized spacial score (nSPS) is 25.8. The highest BCUT2D eigenvalue weighted by Crippen LogP contribution is 2.08. The van der Waals surface area contributed by atoms with Crippen LogP contribution in [-0.4, -0.2) is 86.1 Å². The monoisotopic (exact) mass is 254 g/mol. The number of hydrogen-bond acceptors (Lipinski definition) is 4. The SMILES string of the molecule is CC(C(=O)N1CCCN(C)CC1)N1CCNCC1. The predicted molar refractivity (Wildman–Crippen MR) is 72.6 cm³/mol. The zero-order valence-electron chi connectivity index (χ0n) is 11.7. The Kier molecular flexibility index (Phi) is 4.97. The van der Waals surface area contributed by atoms with Crippen molar-refractivity contribution in [3.63, 3.8) is 0 Å². The van der Waals surface area contributed by atoms with E-state index in [1.807, 2.05) is 0 Å². The van der Waals surface area contributed by atoms with Crippen LogP contribution in [0.3, 0.4) is 0 Å². The molecule has 0 radical (unpaired) electrons. The molecule has 0 aromatic rings. The highest BCUT2D eigenvalue weighted by atomic mass is 16.2. The van der Waals surface area contributed by atoms with Crippen LogP contribution in [0.5, 0.6) is 0 Å². The van der Waals surface area contributed by atoms with E-state index in [2.05, 4.69) is 34.0 Å². The van der Waals surface area contributed by atoms with Crippen molar-refractivity contribution in [1.29, 1.82) is 0 Å². The van der Waals surface area contributed by atoms with Crippen LogP contribution in [0.1, 0.15) is 13.3 Å². The van der Waals surface area contributed by atoms with E-state index in [0.29, 0.717) is 5.91 Å². The van der Waals surface area contributed by atoms with E-state index in [-0.39, 0.29) is 6.04 Å². The van der Waals surface area contributed by atoms with Crippen LogP contribution in [0.25, 0.3) is 0 Å². The zero-order valence-corrected chi connectivity index (χ0v) is 11.7. The topological polar surface area (TPSA) is 38.8 Å². The Labute approximate surface area is 110 Å². The van der Waals surface area contributed by atoms with Gasteiger partial charge >= 0.3 is 0 Å². The van der Waals surface area contributed by atoms with Crippen molar-refractivity contribution in [1.82, 2.24) is 20.0 Å². The fourth-order valence-electron chi connectivity index (χ4n) is 2.76. The third-order valence-electron chi connectivity index (χ3n) is 4.09. The summed E-state index contributed by atoms with van der Waals surface area (Å²) in [5, 5.41) is 3.33. The van der Waals surface area contributed by atoms with Gasteiger partial charge in [-0.2, -0.15) is 0 Å². The second-order valence-corrected chi connectivity index (χ2v) is 5.44. The summed E-state index contributed by atoms with van der Waals surface area (Å²) in [6.07, 6.45) is 1.09. The number of amides is 1. The van der Waals surface area contributed by atoms with Gasteiger partial charge in [-0.25, -0.2) is 0 Å². The highest BCUT2D eigenvalue weighted by molar-refractivity contribution is 5.81. The van der Waals surface area contributed by atoms with Gasteiger partial charge < -0.3 is 15.1 Å². The van der Waals surface area contributed by atoms with E-state index in [1.165, 1.54) is 0 Å². The van der Waals surface area contributed by atoms with Crippen molar-refractivity contribution in [2.45, 2.75) is 19.4 Å². The number of piperazine rings is 1. The average Bonchev–Trinajstić information content (AvgIpc) is 2.63. The first kappa shape index (κ1) is 13.8. The van der Waals surface area contributed by atoms with Crippen LogP contribution in [0, 0.1) is 0 Å². The Morgan fingerprint density at radius 3 is 2.50 bits per heavy atom. The Morgan fingerprint density at radius 2 is 1.78 bits per heavy atom. The minimum atomic E-state index is 0.0375. The predicted octanol–water partition coefficient (Wildman–Crippen LogP) is -0.556. The quantitative estimate of drug-likeness (QED) is 0.717. The van der Waals surface area contributed by atoms with Gasteiger partial charge in [-0.15, -0.1) is 0 Å². The van der Waals surface area contributed by atoms with Crippen molar-refractivity contribution in [2.75, 3.05) is 59.4 Å². The molecule has 0 saturated carbocycles. The number of nitrogens with one attached hydrogen (secondary N) is 1. The van der Waals surface area contributed by atoms with Crippen molar-refractivity contribution < 1.29 is 4.79 Å². The van der Waals surface area contributed by atoms with Crippen LogP contribution < -0.4 is 5.32 Å². The van der Waals surface area contributed by atoms with Crippen LogP contribution in [-0.2, 0) is 4.79 Å². The fraction of sp³-hybridized carbons (Fsp3) is 0.923. The van der Waals surface area contributed by atoms with Crippen molar-refractivity contribution in [3.8, 4) is 0 Å². The molecule has 1 atom stereocenters. The molecule has 2 heterocycles. The molecular weight excluding hydrogens is 228 g/mol. The number of likely N-dealkylation sites (N-methyl/N-ethyl adjacent to an activating group) is 1. The molecule has 5 heteroatoms. The fourth-order valence-corrected chi connectivity index (χ4v) is 2.76. The molecule has 1 unspecified atom stereocenters. The average molecular weight is 254 g/mol. The smallest absolute Gasteiger partial charge is 0.239 e. The summed E-state index contributed by atoms with van der Waals surface area (Å²) in [5.41, 5.74) is 0. The molecule has 0 aliphatic carbocycles. The molecule has 5 nitrogen and oxygen atoms in total. The summed E-state index contributed by atoms with van der Waals surface area (Å²) in [7, 11) is 2.13. The molecular formula is C13H26N4O. The summed E-state index contributed by atoms with van der Waals surface area (Å²) >= 11 is 0. The van der Waals surface area contributed by atoms with Gasteiger partial charge in [0.2, 0.25) is 5.91 Å².